The van der Waals surface area contributed by atoms with Crippen LogP contribution in [0, 0.1) is 0 Å². The summed E-state index contributed by atoms with van der Waals surface area (Å²) in [5, 5.41) is 10.9. The standard InChI is InChI=1S/C19H25N3/c1-15(21-17-11-6-3-7-12-17)22-18-13-8-14-20-19(18)16-9-4-2-5-10-16/h2-7,9-12,15,18-22H,8,13-14H2,1H3/t15?,18-,19-/m0/s1. The smallest absolute Gasteiger partial charge is 0.0742 e. The average molecular weight is 295 g/mol. The second-order valence-electron chi connectivity index (χ2n) is 5.99. The largest absolute Gasteiger partial charge is 0.370 e. The fourth-order valence-electron chi connectivity index (χ4n) is 3.23. The zero-order chi connectivity index (χ0) is 15.2. The Morgan fingerprint density at radius 1 is 1.00 bits per heavy atom. The van der Waals surface area contributed by atoms with E-state index in [4.69, 9.17) is 0 Å². The molecule has 1 saturated heterocycles. The molecule has 2 aromatic carbocycles. The highest BCUT2D eigenvalue weighted by atomic mass is 15.2. The predicted molar refractivity (Wildman–Crippen MR) is 92.9 cm³/mol. The molecule has 1 heterocycles. The van der Waals surface area contributed by atoms with Crippen LogP contribution in [0.5, 0.6) is 0 Å². The van der Waals surface area contributed by atoms with Gasteiger partial charge in [-0.05, 0) is 44.0 Å². The lowest BCUT2D eigenvalue weighted by Crippen LogP contribution is -2.50. The monoisotopic (exact) mass is 295 g/mol. The van der Waals surface area contributed by atoms with Crippen molar-refractivity contribution in [3.8, 4) is 0 Å². The Labute approximate surface area is 133 Å². The second-order valence-corrected chi connectivity index (χ2v) is 5.99. The lowest BCUT2D eigenvalue weighted by atomic mass is 9.92. The Balaban J connectivity index is 1.64. The zero-order valence-electron chi connectivity index (χ0n) is 13.1. The number of rotatable bonds is 5. The number of para-hydroxylation sites is 1. The lowest BCUT2D eigenvalue weighted by Gasteiger charge is -2.36. The van der Waals surface area contributed by atoms with E-state index in [0.29, 0.717) is 12.1 Å². The highest BCUT2D eigenvalue weighted by Gasteiger charge is 2.26. The molecule has 1 fully saturated rings. The van der Waals surface area contributed by atoms with E-state index in [9.17, 15) is 0 Å². The van der Waals surface area contributed by atoms with Crippen LogP contribution in [0.15, 0.2) is 60.7 Å². The molecule has 0 aliphatic carbocycles. The van der Waals surface area contributed by atoms with Gasteiger partial charge in [-0.2, -0.15) is 0 Å². The van der Waals surface area contributed by atoms with Crippen molar-refractivity contribution >= 4 is 5.69 Å². The van der Waals surface area contributed by atoms with Crippen LogP contribution >= 0.6 is 0 Å². The zero-order valence-corrected chi connectivity index (χ0v) is 13.1. The van der Waals surface area contributed by atoms with E-state index in [0.717, 1.165) is 12.2 Å². The Bertz CT molecular complexity index is 555. The van der Waals surface area contributed by atoms with Gasteiger partial charge in [0.1, 0.15) is 0 Å². The molecule has 3 N–H and O–H groups in total. The molecule has 0 amide bonds. The van der Waals surface area contributed by atoms with Gasteiger partial charge in [0, 0.05) is 17.8 Å². The number of nitrogens with one attached hydrogen (secondary N) is 3. The highest BCUT2D eigenvalue weighted by molar-refractivity contribution is 5.43. The van der Waals surface area contributed by atoms with Crippen LogP contribution in [-0.4, -0.2) is 18.8 Å². The van der Waals surface area contributed by atoms with E-state index in [1.807, 2.05) is 6.07 Å². The molecule has 0 spiro atoms. The molecule has 0 aromatic heterocycles. The molecular formula is C19H25N3. The van der Waals surface area contributed by atoms with Crippen LogP contribution in [0.1, 0.15) is 31.4 Å². The van der Waals surface area contributed by atoms with Crippen molar-refractivity contribution in [3.63, 3.8) is 0 Å². The molecule has 0 bridgehead atoms. The number of hydrogen-bond donors (Lipinski definition) is 3. The first-order valence-corrected chi connectivity index (χ1v) is 8.19. The molecule has 1 aliphatic rings. The van der Waals surface area contributed by atoms with Crippen LogP contribution in [0.3, 0.4) is 0 Å². The van der Waals surface area contributed by atoms with E-state index < -0.39 is 0 Å². The molecule has 1 aliphatic heterocycles. The molecule has 116 valence electrons. The van der Waals surface area contributed by atoms with Gasteiger partial charge < -0.3 is 10.6 Å². The first kappa shape index (κ1) is 15.1. The van der Waals surface area contributed by atoms with E-state index in [1.54, 1.807) is 0 Å². The van der Waals surface area contributed by atoms with Crippen LogP contribution in [0.25, 0.3) is 0 Å². The molecule has 22 heavy (non-hydrogen) atoms. The first-order valence-electron chi connectivity index (χ1n) is 8.19. The summed E-state index contributed by atoms with van der Waals surface area (Å²) in [7, 11) is 0. The van der Waals surface area contributed by atoms with Gasteiger partial charge in [0.15, 0.2) is 0 Å². The van der Waals surface area contributed by atoms with Gasteiger partial charge in [-0.3, -0.25) is 5.32 Å². The van der Waals surface area contributed by atoms with Gasteiger partial charge in [-0.1, -0.05) is 48.5 Å². The van der Waals surface area contributed by atoms with Gasteiger partial charge in [0.25, 0.3) is 0 Å². The summed E-state index contributed by atoms with van der Waals surface area (Å²) in [5.41, 5.74) is 2.52. The number of piperidine rings is 1. The molecule has 3 nitrogen and oxygen atoms in total. The van der Waals surface area contributed by atoms with Crippen molar-refractivity contribution in [2.75, 3.05) is 11.9 Å². The Hall–Kier alpha value is -1.84. The Morgan fingerprint density at radius 3 is 2.41 bits per heavy atom. The summed E-state index contributed by atoms with van der Waals surface area (Å²) >= 11 is 0. The van der Waals surface area contributed by atoms with Gasteiger partial charge in [0.2, 0.25) is 0 Å². The molecule has 3 heteroatoms. The maximum atomic E-state index is 3.74. The summed E-state index contributed by atoms with van der Waals surface area (Å²) in [4.78, 5) is 0. The summed E-state index contributed by atoms with van der Waals surface area (Å²) in [6, 6.07) is 21.9. The van der Waals surface area contributed by atoms with Crippen molar-refractivity contribution < 1.29 is 0 Å². The maximum Gasteiger partial charge on any atom is 0.0742 e. The van der Waals surface area contributed by atoms with Crippen LogP contribution in [0.2, 0.25) is 0 Å². The van der Waals surface area contributed by atoms with Crippen molar-refractivity contribution in [3.05, 3.63) is 66.2 Å². The average Bonchev–Trinajstić information content (AvgIpc) is 2.57. The van der Waals surface area contributed by atoms with Gasteiger partial charge >= 0.3 is 0 Å². The SMILES string of the molecule is CC(Nc1ccccc1)N[C@H]1CCCN[C@H]1c1ccccc1. The van der Waals surface area contributed by atoms with Crippen molar-refractivity contribution in [2.24, 2.45) is 0 Å². The van der Waals surface area contributed by atoms with Gasteiger partial charge in [-0.25, -0.2) is 0 Å². The van der Waals surface area contributed by atoms with Crippen LogP contribution in [-0.2, 0) is 0 Å². The third-order valence-electron chi connectivity index (χ3n) is 4.24. The van der Waals surface area contributed by atoms with Gasteiger partial charge in [-0.15, -0.1) is 0 Å². The Morgan fingerprint density at radius 2 is 1.68 bits per heavy atom. The van der Waals surface area contributed by atoms with Gasteiger partial charge in [0.05, 0.1) is 6.17 Å². The third-order valence-corrected chi connectivity index (χ3v) is 4.24. The van der Waals surface area contributed by atoms with Crippen molar-refractivity contribution in [1.82, 2.24) is 10.6 Å². The molecule has 0 radical (unpaired) electrons. The molecule has 0 saturated carbocycles. The first-order chi connectivity index (χ1) is 10.8. The maximum absolute atomic E-state index is 3.74. The summed E-state index contributed by atoms with van der Waals surface area (Å²) < 4.78 is 0. The van der Waals surface area contributed by atoms with Crippen LogP contribution < -0.4 is 16.0 Å². The summed E-state index contributed by atoms with van der Waals surface area (Å²) in [5.74, 6) is 0. The predicted octanol–water partition coefficient (Wildman–Crippen LogP) is 3.53. The minimum atomic E-state index is 0.235. The fraction of sp³-hybridized carbons (Fsp3) is 0.368. The van der Waals surface area contributed by atoms with E-state index in [2.05, 4.69) is 77.5 Å². The molecular weight excluding hydrogens is 270 g/mol. The normalized spacial score (nSPS) is 23.0. The van der Waals surface area contributed by atoms with Crippen molar-refractivity contribution in [2.45, 2.75) is 38.0 Å². The van der Waals surface area contributed by atoms with Crippen LogP contribution in [0.4, 0.5) is 5.69 Å². The number of hydrogen-bond acceptors (Lipinski definition) is 3. The van der Waals surface area contributed by atoms with E-state index in [1.165, 1.54) is 18.4 Å². The Kier molecular flexibility index (Phi) is 5.09. The summed E-state index contributed by atoms with van der Waals surface area (Å²) in [6.07, 6.45) is 2.66. The highest BCUT2D eigenvalue weighted by Crippen LogP contribution is 2.24. The molecule has 3 rings (SSSR count). The number of anilines is 1. The number of benzene rings is 2. The topological polar surface area (TPSA) is 36.1 Å². The van der Waals surface area contributed by atoms with Crippen molar-refractivity contribution in [1.29, 1.82) is 0 Å². The molecule has 2 aromatic rings. The minimum Gasteiger partial charge on any atom is -0.370 e. The summed E-state index contributed by atoms with van der Waals surface area (Å²) in [6.45, 7) is 3.28. The van der Waals surface area contributed by atoms with E-state index >= 15 is 0 Å². The second kappa shape index (κ2) is 7.43. The minimum absolute atomic E-state index is 0.235. The van der Waals surface area contributed by atoms with E-state index in [-0.39, 0.29) is 6.17 Å². The molecule has 3 atom stereocenters. The molecule has 1 unspecified atom stereocenters. The third kappa shape index (κ3) is 3.87. The lowest BCUT2D eigenvalue weighted by molar-refractivity contribution is 0.293. The fourth-order valence-corrected chi connectivity index (χ4v) is 3.23. The quantitative estimate of drug-likeness (QED) is 0.739.